The predicted octanol–water partition coefficient (Wildman–Crippen LogP) is 2.76. The maximum atomic E-state index is 11.8. The van der Waals surface area contributed by atoms with E-state index >= 15 is 0 Å². The molecule has 0 aromatic heterocycles. The minimum Gasteiger partial charge on any atom is -0.508 e. The Hall–Kier alpha value is -1.17. The molecule has 1 N–H and O–H groups in total. The van der Waals surface area contributed by atoms with Crippen molar-refractivity contribution in [2.75, 3.05) is 5.75 Å². The van der Waals surface area contributed by atoms with Gasteiger partial charge in [-0.25, -0.2) is 0 Å². The maximum Gasteiger partial charge on any atom is 0.398 e. The van der Waals surface area contributed by atoms with Crippen molar-refractivity contribution in [2.45, 2.75) is 12.6 Å². The minimum absolute atomic E-state index is 0.0548. The molecular formula is C10H9F3O2S. The van der Waals surface area contributed by atoms with Crippen LogP contribution in [0, 0.1) is 0 Å². The molecule has 0 radical (unpaired) electrons. The van der Waals surface area contributed by atoms with Gasteiger partial charge in [-0.3, -0.25) is 4.79 Å². The molecule has 16 heavy (non-hydrogen) atoms. The van der Waals surface area contributed by atoms with Crippen molar-refractivity contribution in [2.24, 2.45) is 0 Å². The van der Waals surface area contributed by atoms with Crippen LogP contribution in [0.4, 0.5) is 13.2 Å². The Labute approximate surface area is 94.5 Å². The number of benzene rings is 1. The molecule has 0 amide bonds. The third-order valence-electron chi connectivity index (χ3n) is 1.68. The fraction of sp³-hybridized carbons (Fsp3) is 0.300. The highest BCUT2D eigenvalue weighted by atomic mass is 32.2. The van der Waals surface area contributed by atoms with Crippen molar-refractivity contribution in [3.8, 4) is 5.75 Å². The summed E-state index contributed by atoms with van der Waals surface area (Å²) in [7, 11) is 0. The molecule has 0 aliphatic carbocycles. The fourth-order valence-corrected chi connectivity index (χ4v) is 1.59. The molecule has 1 aromatic carbocycles. The van der Waals surface area contributed by atoms with Crippen molar-refractivity contribution < 1.29 is 23.1 Å². The lowest BCUT2D eigenvalue weighted by atomic mass is 10.2. The van der Waals surface area contributed by atoms with E-state index in [1.807, 2.05) is 0 Å². The number of phenols is 1. The van der Waals surface area contributed by atoms with Crippen LogP contribution in [0.1, 0.15) is 5.56 Å². The molecular weight excluding hydrogens is 241 g/mol. The third kappa shape index (κ3) is 5.06. The van der Waals surface area contributed by atoms with Gasteiger partial charge in [0.2, 0.25) is 0 Å². The molecule has 0 bridgehead atoms. The first-order valence-electron chi connectivity index (χ1n) is 4.37. The lowest BCUT2D eigenvalue weighted by molar-refractivity contribution is -0.113. The lowest BCUT2D eigenvalue weighted by Gasteiger charge is -2.04. The molecule has 0 spiro atoms. The van der Waals surface area contributed by atoms with Crippen LogP contribution in [0.2, 0.25) is 0 Å². The number of thioether (sulfide) groups is 1. The summed E-state index contributed by atoms with van der Waals surface area (Å²) < 4.78 is 35.4. The van der Waals surface area contributed by atoms with Gasteiger partial charge in [0.15, 0.2) is 5.12 Å². The van der Waals surface area contributed by atoms with Gasteiger partial charge in [-0.2, -0.15) is 13.2 Å². The Bertz CT molecular complexity index is 359. The summed E-state index contributed by atoms with van der Waals surface area (Å²) in [6.07, 6.45) is -4.39. The number of carbonyl (C=O) groups excluding carboxylic acids is 1. The van der Waals surface area contributed by atoms with Gasteiger partial charge in [0.05, 0.1) is 5.75 Å². The monoisotopic (exact) mass is 250 g/mol. The van der Waals surface area contributed by atoms with Gasteiger partial charge in [-0.1, -0.05) is 23.9 Å². The molecule has 0 unspecified atom stereocenters. The highest BCUT2D eigenvalue weighted by Gasteiger charge is 2.28. The van der Waals surface area contributed by atoms with E-state index in [0.29, 0.717) is 5.56 Å². The van der Waals surface area contributed by atoms with Crippen LogP contribution in [-0.2, 0) is 11.2 Å². The number of phenolic OH excluding ortho intramolecular Hbond substituents is 1. The molecule has 0 saturated carbocycles. The second kappa shape index (κ2) is 5.25. The predicted molar refractivity (Wildman–Crippen MR) is 55.3 cm³/mol. The van der Waals surface area contributed by atoms with Gasteiger partial charge in [0.25, 0.3) is 0 Å². The van der Waals surface area contributed by atoms with Crippen LogP contribution in [0.15, 0.2) is 24.3 Å². The van der Waals surface area contributed by atoms with E-state index in [0.717, 1.165) is 0 Å². The van der Waals surface area contributed by atoms with Crippen molar-refractivity contribution in [1.29, 1.82) is 0 Å². The smallest absolute Gasteiger partial charge is 0.398 e. The van der Waals surface area contributed by atoms with E-state index in [1.54, 1.807) is 0 Å². The van der Waals surface area contributed by atoms with E-state index in [2.05, 4.69) is 0 Å². The van der Waals surface area contributed by atoms with Crippen LogP contribution in [0.5, 0.6) is 5.75 Å². The molecule has 1 rings (SSSR count). The van der Waals surface area contributed by atoms with Gasteiger partial charge < -0.3 is 5.11 Å². The van der Waals surface area contributed by atoms with Crippen LogP contribution in [0.3, 0.4) is 0 Å². The second-order valence-corrected chi connectivity index (χ2v) is 4.15. The van der Waals surface area contributed by atoms with Crippen LogP contribution >= 0.6 is 11.8 Å². The van der Waals surface area contributed by atoms with E-state index in [9.17, 15) is 18.0 Å². The maximum absolute atomic E-state index is 11.8. The Balaban J connectivity index is 2.43. The Morgan fingerprint density at radius 3 is 2.31 bits per heavy atom. The zero-order valence-corrected chi connectivity index (χ0v) is 8.94. The fourth-order valence-electron chi connectivity index (χ4n) is 0.994. The van der Waals surface area contributed by atoms with Crippen molar-refractivity contribution in [1.82, 2.24) is 0 Å². The standard InChI is InChI=1S/C10H9F3O2S/c11-10(12,13)6-16-9(15)5-7-1-3-8(14)4-2-7/h1-4,14H,5-6H2. The molecule has 88 valence electrons. The van der Waals surface area contributed by atoms with Crippen LogP contribution in [0.25, 0.3) is 0 Å². The van der Waals surface area contributed by atoms with Crippen molar-refractivity contribution in [3.63, 3.8) is 0 Å². The quantitative estimate of drug-likeness (QED) is 0.896. The molecule has 0 fully saturated rings. The summed E-state index contributed by atoms with van der Waals surface area (Å²) in [5.74, 6) is -1.11. The van der Waals surface area contributed by atoms with Gasteiger partial charge >= 0.3 is 6.18 Å². The summed E-state index contributed by atoms with van der Waals surface area (Å²) >= 11 is 0.256. The van der Waals surface area contributed by atoms with Crippen molar-refractivity contribution >= 4 is 16.9 Å². The van der Waals surface area contributed by atoms with E-state index < -0.39 is 17.0 Å². The SMILES string of the molecule is O=C(Cc1ccc(O)cc1)SCC(F)(F)F. The van der Waals surface area contributed by atoms with Crippen LogP contribution < -0.4 is 0 Å². The van der Waals surface area contributed by atoms with E-state index in [1.165, 1.54) is 24.3 Å². The molecule has 0 saturated heterocycles. The van der Waals surface area contributed by atoms with Crippen LogP contribution in [-0.4, -0.2) is 22.2 Å². The van der Waals surface area contributed by atoms with Crippen molar-refractivity contribution in [3.05, 3.63) is 29.8 Å². The van der Waals surface area contributed by atoms with Gasteiger partial charge in [-0.15, -0.1) is 0 Å². The number of halogens is 3. The third-order valence-corrected chi connectivity index (χ3v) is 2.62. The number of alkyl halides is 3. The average molecular weight is 250 g/mol. The number of carbonyl (C=O) groups is 1. The molecule has 0 atom stereocenters. The minimum atomic E-state index is -4.32. The molecule has 1 aromatic rings. The molecule has 0 aliphatic heterocycles. The molecule has 2 nitrogen and oxygen atoms in total. The van der Waals surface area contributed by atoms with Gasteiger partial charge in [-0.05, 0) is 17.7 Å². The summed E-state index contributed by atoms with van der Waals surface area (Å²) in [4.78, 5) is 11.1. The molecule has 6 heteroatoms. The zero-order chi connectivity index (χ0) is 12.2. The zero-order valence-electron chi connectivity index (χ0n) is 8.12. The molecule has 0 aliphatic rings. The molecule has 0 heterocycles. The Kier molecular flexibility index (Phi) is 4.23. The van der Waals surface area contributed by atoms with E-state index in [-0.39, 0.29) is 23.9 Å². The average Bonchev–Trinajstić information content (AvgIpc) is 2.18. The number of rotatable bonds is 3. The second-order valence-electron chi connectivity index (χ2n) is 3.12. The van der Waals surface area contributed by atoms with Gasteiger partial charge in [0, 0.05) is 6.42 Å². The highest BCUT2D eigenvalue weighted by Crippen LogP contribution is 2.22. The first-order valence-corrected chi connectivity index (χ1v) is 5.36. The lowest BCUT2D eigenvalue weighted by Crippen LogP contribution is -2.13. The summed E-state index contributed by atoms with van der Waals surface area (Å²) in [6, 6.07) is 5.77. The topological polar surface area (TPSA) is 37.3 Å². The summed E-state index contributed by atoms with van der Waals surface area (Å²) in [5, 5.41) is 8.42. The highest BCUT2D eigenvalue weighted by molar-refractivity contribution is 8.13. The van der Waals surface area contributed by atoms with E-state index in [4.69, 9.17) is 5.11 Å². The summed E-state index contributed by atoms with van der Waals surface area (Å²) in [6.45, 7) is 0. The van der Waals surface area contributed by atoms with Gasteiger partial charge in [0.1, 0.15) is 5.75 Å². The first-order chi connectivity index (χ1) is 7.37. The number of hydrogen-bond acceptors (Lipinski definition) is 3. The summed E-state index contributed by atoms with van der Waals surface area (Å²) in [5.41, 5.74) is 0.581. The number of hydrogen-bond donors (Lipinski definition) is 1. The normalized spacial score (nSPS) is 11.4. The first kappa shape index (κ1) is 12.9. The number of aromatic hydroxyl groups is 1. The largest absolute Gasteiger partial charge is 0.508 e. The Morgan fingerprint density at radius 1 is 1.25 bits per heavy atom. The Morgan fingerprint density at radius 2 is 1.81 bits per heavy atom.